The molecule has 1 fully saturated rings. The fourth-order valence-corrected chi connectivity index (χ4v) is 3.87. The highest BCUT2D eigenvalue weighted by Crippen LogP contribution is 2.48. The third-order valence-corrected chi connectivity index (χ3v) is 4.82. The maximum absolute atomic E-state index is 12.4. The minimum absolute atomic E-state index is 0.291. The highest BCUT2D eigenvalue weighted by Gasteiger charge is 2.60. The Kier molecular flexibility index (Phi) is 2.97. The quantitative estimate of drug-likeness (QED) is 0.710. The Hall–Kier alpha value is -0.990. The molecule has 0 atom stereocenters. The first kappa shape index (κ1) is 14.0. The van der Waals surface area contributed by atoms with Gasteiger partial charge in [0.15, 0.2) is 3.92 Å². The zero-order valence-corrected chi connectivity index (χ0v) is 13.6. The predicted octanol–water partition coefficient (Wildman–Crippen LogP) is 2.52. The van der Waals surface area contributed by atoms with Crippen molar-refractivity contribution in [2.45, 2.75) is 31.9 Å². The topological polar surface area (TPSA) is 68.7 Å². The number of halogens is 1. The monoisotopic (exact) mass is 360 g/mol. The summed E-state index contributed by atoms with van der Waals surface area (Å²) in [4.78, 5) is 30.8. The first-order valence-electron chi connectivity index (χ1n) is 6.07. The smallest absolute Gasteiger partial charge is 0.418 e. The first-order valence-corrected chi connectivity index (χ1v) is 7.68. The number of amides is 2. The van der Waals surface area contributed by atoms with Crippen LogP contribution < -0.4 is 0 Å². The van der Waals surface area contributed by atoms with E-state index < -0.39 is 23.1 Å². The largest absolute Gasteiger partial charge is 0.443 e. The summed E-state index contributed by atoms with van der Waals surface area (Å²) in [6.45, 7) is 5.87. The summed E-state index contributed by atoms with van der Waals surface area (Å²) in [6, 6.07) is 0. The van der Waals surface area contributed by atoms with Crippen molar-refractivity contribution in [2.24, 2.45) is 0 Å². The Morgan fingerprint density at radius 2 is 2.15 bits per heavy atom. The number of hydrogen-bond acceptors (Lipinski definition) is 6. The SMILES string of the molecule is CC(C)(C)OC(=O)N1C(=O)c2nc(Br)sc2C12COC2. The molecule has 3 heterocycles. The minimum Gasteiger partial charge on any atom is -0.443 e. The first-order chi connectivity index (χ1) is 9.24. The number of carbonyl (C=O) groups excluding carboxylic acids is 2. The van der Waals surface area contributed by atoms with Gasteiger partial charge >= 0.3 is 6.09 Å². The van der Waals surface area contributed by atoms with E-state index in [0.29, 0.717) is 22.8 Å². The molecule has 2 amide bonds. The van der Waals surface area contributed by atoms with Crippen molar-refractivity contribution in [1.29, 1.82) is 0 Å². The van der Waals surface area contributed by atoms with Crippen molar-refractivity contribution in [3.8, 4) is 0 Å². The van der Waals surface area contributed by atoms with E-state index in [9.17, 15) is 9.59 Å². The van der Waals surface area contributed by atoms with Crippen LogP contribution in [0.3, 0.4) is 0 Å². The summed E-state index contributed by atoms with van der Waals surface area (Å²) in [6.07, 6.45) is -0.646. The van der Waals surface area contributed by atoms with Crippen LogP contribution >= 0.6 is 27.3 Å². The molecule has 0 bridgehead atoms. The second-order valence-corrected chi connectivity index (χ2v) is 8.06. The second-order valence-electron chi connectivity index (χ2n) is 5.79. The second kappa shape index (κ2) is 4.25. The molecule has 1 saturated heterocycles. The Balaban J connectivity index is 1.99. The summed E-state index contributed by atoms with van der Waals surface area (Å²) >= 11 is 4.63. The van der Waals surface area contributed by atoms with Gasteiger partial charge in [-0.1, -0.05) is 0 Å². The number of thiazole rings is 1. The van der Waals surface area contributed by atoms with Crippen LogP contribution in [0.5, 0.6) is 0 Å². The number of nitrogens with zero attached hydrogens (tertiary/aromatic N) is 2. The summed E-state index contributed by atoms with van der Waals surface area (Å²) in [5.74, 6) is -0.417. The van der Waals surface area contributed by atoms with Crippen molar-refractivity contribution >= 4 is 39.3 Å². The average Bonchev–Trinajstić information content (AvgIpc) is 2.70. The van der Waals surface area contributed by atoms with E-state index in [-0.39, 0.29) is 0 Å². The summed E-state index contributed by atoms with van der Waals surface area (Å²) < 4.78 is 11.2. The molecule has 0 aromatic carbocycles. The molecule has 0 radical (unpaired) electrons. The van der Waals surface area contributed by atoms with Crippen molar-refractivity contribution in [1.82, 2.24) is 9.88 Å². The van der Waals surface area contributed by atoms with Gasteiger partial charge in [0.25, 0.3) is 5.91 Å². The lowest BCUT2D eigenvalue weighted by atomic mass is 9.96. The number of carbonyl (C=O) groups is 2. The molecular weight excluding hydrogens is 348 g/mol. The lowest BCUT2D eigenvalue weighted by Gasteiger charge is -2.43. The van der Waals surface area contributed by atoms with Gasteiger partial charge < -0.3 is 9.47 Å². The van der Waals surface area contributed by atoms with Crippen LogP contribution in [-0.4, -0.2) is 40.7 Å². The number of ether oxygens (including phenoxy) is 2. The van der Waals surface area contributed by atoms with Gasteiger partial charge in [-0.2, -0.15) is 0 Å². The van der Waals surface area contributed by atoms with E-state index in [4.69, 9.17) is 9.47 Å². The van der Waals surface area contributed by atoms with Gasteiger partial charge in [0, 0.05) is 0 Å². The number of hydrogen-bond donors (Lipinski definition) is 0. The summed E-state index contributed by atoms with van der Waals surface area (Å²) in [5, 5.41) is 0. The Morgan fingerprint density at radius 3 is 2.65 bits per heavy atom. The van der Waals surface area contributed by atoms with Crippen LogP contribution in [-0.2, 0) is 15.0 Å². The number of fused-ring (bicyclic) bond motifs is 2. The highest BCUT2D eigenvalue weighted by molar-refractivity contribution is 9.11. The van der Waals surface area contributed by atoms with E-state index in [1.54, 1.807) is 20.8 Å². The van der Waals surface area contributed by atoms with E-state index in [1.807, 2.05) is 0 Å². The third-order valence-electron chi connectivity index (χ3n) is 3.12. The molecule has 108 valence electrons. The van der Waals surface area contributed by atoms with Gasteiger partial charge in [-0.15, -0.1) is 11.3 Å². The van der Waals surface area contributed by atoms with Gasteiger partial charge in [-0.25, -0.2) is 14.7 Å². The molecule has 0 aliphatic carbocycles. The lowest BCUT2D eigenvalue weighted by molar-refractivity contribution is -0.121. The van der Waals surface area contributed by atoms with Crippen molar-refractivity contribution < 1.29 is 19.1 Å². The molecule has 1 aromatic heterocycles. The minimum atomic E-state index is -0.738. The number of imide groups is 1. The molecule has 0 saturated carbocycles. The standard InChI is InChI=1S/C12H13BrN2O4S/c1-11(2,3)19-10(17)15-8(16)6-7(20-9(13)14-6)12(15)4-18-5-12/h4-5H2,1-3H3. The Labute approximate surface area is 128 Å². The predicted molar refractivity (Wildman–Crippen MR) is 74.7 cm³/mol. The van der Waals surface area contributed by atoms with Crippen molar-refractivity contribution in [2.75, 3.05) is 13.2 Å². The molecule has 0 N–H and O–H groups in total. The zero-order chi connectivity index (χ0) is 14.7. The molecule has 1 spiro atoms. The molecule has 3 rings (SSSR count). The molecule has 8 heteroatoms. The molecular formula is C12H13BrN2O4S. The average molecular weight is 361 g/mol. The highest BCUT2D eigenvalue weighted by atomic mass is 79.9. The summed E-state index contributed by atoms with van der Waals surface area (Å²) in [7, 11) is 0. The van der Waals surface area contributed by atoms with E-state index in [2.05, 4.69) is 20.9 Å². The van der Waals surface area contributed by atoms with E-state index in [0.717, 1.165) is 9.78 Å². The molecule has 2 aliphatic rings. The molecule has 20 heavy (non-hydrogen) atoms. The lowest BCUT2D eigenvalue weighted by Crippen LogP contribution is -2.60. The zero-order valence-electron chi connectivity index (χ0n) is 11.2. The van der Waals surface area contributed by atoms with Gasteiger partial charge in [0.2, 0.25) is 0 Å². The Morgan fingerprint density at radius 1 is 1.50 bits per heavy atom. The van der Waals surface area contributed by atoms with Crippen LogP contribution in [0.2, 0.25) is 0 Å². The molecule has 2 aliphatic heterocycles. The van der Waals surface area contributed by atoms with Gasteiger partial charge in [0.05, 0.1) is 18.1 Å². The van der Waals surface area contributed by atoms with Crippen LogP contribution in [0.15, 0.2) is 3.92 Å². The normalized spacial score (nSPS) is 20.0. The Bertz CT molecular complexity index is 603. The number of rotatable bonds is 0. The van der Waals surface area contributed by atoms with E-state index in [1.165, 1.54) is 11.3 Å². The maximum Gasteiger partial charge on any atom is 0.418 e. The van der Waals surface area contributed by atoms with Crippen LogP contribution in [0.25, 0.3) is 0 Å². The van der Waals surface area contributed by atoms with Gasteiger partial charge in [-0.05, 0) is 36.7 Å². The molecule has 1 aromatic rings. The van der Waals surface area contributed by atoms with Crippen molar-refractivity contribution in [3.05, 3.63) is 14.5 Å². The maximum atomic E-state index is 12.4. The molecule has 6 nitrogen and oxygen atoms in total. The van der Waals surface area contributed by atoms with E-state index >= 15 is 0 Å². The van der Waals surface area contributed by atoms with Gasteiger partial charge in [0.1, 0.15) is 16.8 Å². The van der Waals surface area contributed by atoms with Crippen LogP contribution in [0.4, 0.5) is 4.79 Å². The third kappa shape index (κ3) is 1.89. The fraction of sp³-hybridized carbons (Fsp3) is 0.583. The summed E-state index contributed by atoms with van der Waals surface area (Å²) in [5.41, 5.74) is -1.08. The van der Waals surface area contributed by atoms with Gasteiger partial charge in [-0.3, -0.25) is 4.79 Å². The molecule has 0 unspecified atom stereocenters. The van der Waals surface area contributed by atoms with Crippen LogP contribution in [0, 0.1) is 0 Å². The number of aromatic nitrogens is 1. The van der Waals surface area contributed by atoms with Crippen molar-refractivity contribution in [3.63, 3.8) is 0 Å². The fourth-order valence-electron chi connectivity index (χ4n) is 2.28. The van der Waals surface area contributed by atoms with Crippen LogP contribution in [0.1, 0.15) is 36.1 Å².